The van der Waals surface area contributed by atoms with Gasteiger partial charge in [0.15, 0.2) is 0 Å². The van der Waals surface area contributed by atoms with Crippen molar-refractivity contribution in [3.63, 3.8) is 0 Å². The number of carbonyl (C=O) groups excluding carboxylic acids is 2. The predicted octanol–water partition coefficient (Wildman–Crippen LogP) is 2.71. The molecular weight excluding hydrogens is 338 g/mol. The standard InChI is InChI=1S/C18H27N3O3S/c1-18(2,3)19-17(23)20(4)10-11-21-15(22)12-25-16(21)13-6-8-14(24-5)9-7-13/h6-9,16H,10-12H2,1-5H3,(H,19,23)/t16-/m1/s1. The molecule has 6 nitrogen and oxygen atoms in total. The number of benzene rings is 1. The average Bonchev–Trinajstić information content (AvgIpc) is 2.92. The first-order valence-corrected chi connectivity index (χ1v) is 9.34. The van der Waals surface area contributed by atoms with Crippen LogP contribution in [-0.2, 0) is 4.79 Å². The highest BCUT2D eigenvalue weighted by molar-refractivity contribution is 8.00. The summed E-state index contributed by atoms with van der Waals surface area (Å²) in [6, 6.07) is 7.64. The van der Waals surface area contributed by atoms with E-state index in [0.717, 1.165) is 11.3 Å². The minimum absolute atomic E-state index is 0.0162. The number of methoxy groups -OCH3 is 1. The second kappa shape index (κ2) is 7.99. The van der Waals surface area contributed by atoms with Crippen molar-refractivity contribution in [2.24, 2.45) is 0 Å². The summed E-state index contributed by atoms with van der Waals surface area (Å²) >= 11 is 1.61. The van der Waals surface area contributed by atoms with Crippen molar-refractivity contribution in [1.82, 2.24) is 15.1 Å². The number of likely N-dealkylation sites (N-methyl/N-ethyl adjacent to an activating group) is 1. The zero-order chi connectivity index (χ0) is 18.6. The third-order valence-corrected chi connectivity index (χ3v) is 5.13. The Balaban J connectivity index is 1.98. The van der Waals surface area contributed by atoms with Crippen LogP contribution in [0, 0.1) is 0 Å². The zero-order valence-corrected chi connectivity index (χ0v) is 16.4. The molecule has 1 atom stereocenters. The first kappa shape index (κ1) is 19.4. The highest BCUT2D eigenvalue weighted by atomic mass is 32.2. The maximum atomic E-state index is 12.3. The second-order valence-corrected chi connectivity index (χ2v) is 8.19. The number of ether oxygens (including phenoxy) is 1. The molecule has 0 aromatic heterocycles. The van der Waals surface area contributed by atoms with Crippen LogP contribution in [0.3, 0.4) is 0 Å². The molecule has 0 aliphatic carbocycles. The lowest BCUT2D eigenvalue weighted by Crippen LogP contribution is -2.49. The Bertz CT molecular complexity index is 613. The molecule has 0 spiro atoms. The van der Waals surface area contributed by atoms with Crippen molar-refractivity contribution in [3.05, 3.63) is 29.8 Å². The molecule has 0 bridgehead atoms. The quantitative estimate of drug-likeness (QED) is 0.871. The Kier molecular flexibility index (Phi) is 6.21. The first-order valence-electron chi connectivity index (χ1n) is 8.29. The number of hydrogen-bond acceptors (Lipinski definition) is 4. The summed E-state index contributed by atoms with van der Waals surface area (Å²) in [4.78, 5) is 27.9. The second-order valence-electron chi connectivity index (χ2n) is 7.13. The number of urea groups is 1. The number of hydrogen-bond donors (Lipinski definition) is 1. The Morgan fingerprint density at radius 1 is 1.36 bits per heavy atom. The fraction of sp³-hybridized carbons (Fsp3) is 0.556. The summed E-state index contributed by atoms with van der Waals surface area (Å²) in [6.45, 7) is 6.83. The summed E-state index contributed by atoms with van der Waals surface area (Å²) < 4.78 is 5.19. The van der Waals surface area contributed by atoms with Crippen molar-refractivity contribution < 1.29 is 14.3 Å². The van der Waals surface area contributed by atoms with Gasteiger partial charge >= 0.3 is 6.03 Å². The van der Waals surface area contributed by atoms with Gasteiger partial charge in [0.1, 0.15) is 11.1 Å². The summed E-state index contributed by atoms with van der Waals surface area (Å²) in [5.41, 5.74) is 0.787. The summed E-state index contributed by atoms with van der Waals surface area (Å²) in [5, 5.41) is 2.91. The van der Waals surface area contributed by atoms with Crippen molar-refractivity contribution in [2.45, 2.75) is 31.7 Å². The van der Waals surface area contributed by atoms with E-state index in [2.05, 4.69) is 5.32 Å². The van der Waals surface area contributed by atoms with Crippen molar-refractivity contribution >= 4 is 23.7 Å². The van der Waals surface area contributed by atoms with Gasteiger partial charge in [-0.3, -0.25) is 4.79 Å². The molecule has 7 heteroatoms. The van der Waals surface area contributed by atoms with E-state index in [0.29, 0.717) is 18.8 Å². The number of nitrogens with zero attached hydrogens (tertiary/aromatic N) is 2. The third kappa shape index (κ3) is 5.29. The Labute approximate surface area is 153 Å². The lowest BCUT2D eigenvalue weighted by atomic mass is 10.1. The third-order valence-electron chi connectivity index (χ3n) is 3.87. The van der Waals surface area contributed by atoms with Gasteiger partial charge in [-0.2, -0.15) is 0 Å². The lowest BCUT2D eigenvalue weighted by Gasteiger charge is -2.29. The molecule has 25 heavy (non-hydrogen) atoms. The van der Waals surface area contributed by atoms with Crippen molar-refractivity contribution in [2.75, 3.05) is 33.0 Å². The maximum Gasteiger partial charge on any atom is 0.317 e. The smallest absolute Gasteiger partial charge is 0.317 e. The number of thioether (sulfide) groups is 1. The minimum Gasteiger partial charge on any atom is -0.497 e. The zero-order valence-electron chi connectivity index (χ0n) is 15.5. The molecule has 1 fully saturated rings. The molecule has 0 radical (unpaired) electrons. The monoisotopic (exact) mass is 365 g/mol. The Hall–Kier alpha value is -1.89. The maximum absolute atomic E-state index is 12.3. The van der Waals surface area contributed by atoms with E-state index in [1.807, 2.05) is 49.9 Å². The van der Waals surface area contributed by atoms with Crippen LogP contribution in [0.2, 0.25) is 0 Å². The molecule has 1 aromatic carbocycles. The van der Waals surface area contributed by atoms with E-state index in [1.165, 1.54) is 0 Å². The predicted molar refractivity (Wildman–Crippen MR) is 101 cm³/mol. The van der Waals surface area contributed by atoms with Gasteiger partial charge in [0.25, 0.3) is 0 Å². The summed E-state index contributed by atoms with van der Waals surface area (Å²) in [6.07, 6.45) is 0. The molecule has 0 saturated carbocycles. The lowest BCUT2D eigenvalue weighted by molar-refractivity contribution is -0.128. The molecule has 1 N–H and O–H groups in total. The highest BCUT2D eigenvalue weighted by Crippen LogP contribution is 2.38. The summed E-state index contributed by atoms with van der Waals surface area (Å²) in [7, 11) is 3.38. The normalized spacial score (nSPS) is 17.6. The molecule has 1 saturated heterocycles. The van der Waals surface area contributed by atoms with Gasteiger partial charge in [0.05, 0.1) is 12.9 Å². The van der Waals surface area contributed by atoms with E-state index in [9.17, 15) is 9.59 Å². The van der Waals surface area contributed by atoms with E-state index in [4.69, 9.17) is 4.74 Å². The first-order chi connectivity index (χ1) is 11.7. The van der Waals surface area contributed by atoms with Crippen LogP contribution in [0.1, 0.15) is 31.7 Å². The van der Waals surface area contributed by atoms with E-state index < -0.39 is 0 Å². The van der Waals surface area contributed by atoms with Crippen LogP contribution < -0.4 is 10.1 Å². The van der Waals surface area contributed by atoms with Gasteiger partial charge in [0.2, 0.25) is 5.91 Å². The van der Waals surface area contributed by atoms with Gasteiger partial charge in [-0.25, -0.2) is 4.79 Å². The van der Waals surface area contributed by atoms with Crippen molar-refractivity contribution in [1.29, 1.82) is 0 Å². The SMILES string of the molecule is COc1ccc([C@H]2SCC(=O)N2CCN(C)C(=O)NC(C)(C)C)cc1. The highest BCUT2D eigenvalue weighted by Gasteiger charge is 2.33. The van der Waals surface area contributed by atoms with Gasteiger partial charge in [-0.1, -0.05) is 12.1 Å². The molecular formula is C18H27N3O3S. The number of amides is 3. The Morgan fingerprint density at radius 3 is 2.56 bits per heavy atom. The molecule has 2 rings (SSSR count). The molecule has 1 aliphatic heterocycles. The average molecular weight is 365 g/mol. The van der Waals surface area contributed by atoms with Crippen LogP contribution in [0.4, 0.5) is 4.79 Å². The molecule has 3 amide bonds. The molecule has 0 unspecified atom stereocenters. The van der Waals surface area contributed by atoms with Gasteiger partial charge in [-0.15, -0.1) is 11.8 Å². The topological polar surface area (TPSA) is 61.9 Å². The van der Waals surface area contributed by atoms with Crippen LogP contribution in [0.5, 0.6) is 5.75 Å². The Morgan fingerprint density at radius 2 is 2.00 bits per heavy atom. The van der Waals surface area contributed by atoms with Crippen LogP contribution >= 0.6 is 11.8 Å². The van der Waals surface area contributed by atoms with Crippen LogP contribution in [-0.4, -0.2) is 60.3 Å². The van der Waals surface area contributed by atoms with E-state index in [1.54, 1.807) is 30.8 Å². The van der Waals surface area contributed by atoms with Gasteiger partial charge < -0.3 is 19.9 Å². The minimum atomic E-state index is -0.281. The molecule has 1 aliphatic rings. The van der Waals surface area contributed by atoms with E-state index in [-0.39, 0.29) is 22.9 Å². The number of carbonyl (C=O) groups is 2. The largest absolute Gasteiger partial charge is 0.497 e. The molecule has 138 valence electrons. The summed E-state index contributed by atoms with van der Waals surface area (Å²) in [5.74, 6) is 1.37. The fourth-order valence-corrected chi connectivity index (χ4v) is 3.73. The number of nitrogens with one attached hydrogen (secondary N) is 1. The molecule has 1 aromatic rings. The van der Waals surface area contributed by atoms with E-state index >= 15 is 0 Å². The molecule has 1 heterocycles. The van der Waals surface area contributed by atoms with Crippen LogP contribution in [0.15, 0.2) is 24.3 Å². The fourth-order valence-electron chi connectivity index (χ4n) is 2.52. The van der Waals surface area contributed by atoms with Crippen molar-refractivity contribution in [3.8, 4) is 5.75 Å². The number of rotatable bonds is 5. The van der Waals surface area contributed by atoms with Gasteiger partial charge in [0, 0.05) is 25.7 Å². The van der Waals surface area contributed by atoms with Gasteiger partial charge in [-0.05, 0) is 38.5 Å². The van der Waals surface area contributed by atoms with Crippen LogP contribution in [0.25, 0.3) is 0 Å².